The van der Waals surface area contributed by atoms with Gasteiger partial charge in [0.05, 0.1) is 11.0 Å². The topological polar surface area (TPSA) is 95.9 Å². The first kappa shape index (κ1) is 15.7. The van der Waals surface area contributed by atoms with Gasteiger partial charge in [0.15, 0.2) is 0 Å². The lowest BCUT2D eigenvalue weighted by molar-refractivity contribution is -0.138. The van der Waals surface area contributed by atoms with E-state index in [1.807, 2.05) is 0 Å². The van der Waals surface area contributed by atoms with Crippen LogP contribution in [0.15, 0.2) is 29.2 Å². The van der Waals surface area contributed by atoms with E-state index < -0.39 is 22.0 Å². The van der Waals surface area contributed by atoms with Gasteiger partial charge in [-0.1, -0.05) is 0 Å². The minimum atomic E-state index is -3.49. The summed E-state index contributed by atoms with van der Waals surface area (Å²) in [6.45, 7) is 0.464. The summed E-state index contributed by atoms with van der Waals surface area (Å²) in [6, 6.07) is 5.47. The molecule has 7 nitrogen and oxygen atoms in total. The van der Waals surface area contributed by atoms with Crippen LogP contribution in [0.5, 0.6) is 0 Å². The summed E-state index contributed by atoms with van der Waals surface area (Å²) in [4.78, 5) is 13.2. The van der Waals surface area contributed by atoms with Crippen LogP contribution in [-0.4, -0.2) is 52.3 Å². The Morgan fingerprint density at radius 3 is 2.48 bits per heavy atom. The Kier molecular flexibility index (Phi) is 4.50. The summed E-state index contributed by atoms with van der Waals surface area (Å²) in [5.41, 5.74) is 0.664. The largest absolute Gasteiger partial charge is 0.480 e. The second-order valence-electron chi connectivity index (χ2n) is 4.80. The first-order chi connectivity index (χ1) is 9.89. The van der Waals surface area contributed by atoms with Crippen molar-refractivity contribution >= 4 is 21.7 Å². The van der Waals surface area contributed by atoms with Crippen LogP contribution < -0.4 is 9.62 Å². The predicted molar refractivity (Wildman–Crippen MR) is 76.9 cm³/mol. The molecule has 2 rings (SSSR count). The van der Waals surface area contributed by atoms with E-state index in [-0.39, 0.29) is 11.0 Å². The molecule has 0 bridgehead atoms. The number of methoxy groups -OCH3 is 1. The number of hydrogen-bond donors (Lipinski definition) is 2. The number of rotatable bonds is 5. The van der Waals surface area contributed by atoms with Gasteiger partial charge < -0.3 is 14.7 Å². The lowest BCUT2D eigenvalue weighted by Crippen LogP contribution is -2.36. The average Bonchev–Trinajstić information content (AvgIpc) is 2.92. The van der Waals surface area contributed by atoms with Gasteiger partial charge in [-0.05, 0) is 31.3 Å². The standard InChI is InChI=1S/C13H18N2O5S/c1-14-21(18,19)11-5-3-9(4-6-11)15-8-10(20-2)7-12(15)13(16)17/h3-6,10,12,14H,7-8H2,1-2H3,(H,16,17). The highest BCUT2D eigenvalue weighted by molar-refractivity contribution is 7.89. The number of anilines is 1. The molecule has 8 heteroatoms. The van der Waals surface area contributed by atoms with Gasteiger partial charge in [0.2, 0.25) is 10.0 Å². The maximum absolute atomic E-state index is 11.7. The van der Waals surface area contributed by atoms with Crippen molar-refractivity contribution in [2.45, 2.75) is 23.5 Å². The Bertz CT molecular complexity index is 614. The fraction of sp³-hybridized carbons (Fsp3) is 0.462. The minimum Gasteiger partial charge on any atom is -0.480 e. The third-order valence-electron chi connectivity index (χ3n) is 3.63. The van der Waals surface area contributed by atoms with Crippen LogP contribution in [0.1, 0.15) is 6.42 Å². The van der Waals surface area contributed by atoms with Gasteiger partial charge in [0.1, 0.15) is 6.04 Å². The maximum atomic E-state index is 11.7. The summed E-state index contributed by atoms with van der Waals surface area (Å²) in [5, 5.41) is 9.28. The van der Waals surface area contributed by atoms with E-state index in [9.17, 15) is 18.3 Å². The Hall–Kier alpha value is -1.64. The minimum absolute atomic E-state index is 0.142. The summed E-state index contributed by atoms with van der Waals surface area (Å²) in [5.74, 6) is -0.915. The number of hydrogen-bond acceptors (Lipinski definition) is 5. The van der Waals surface area contributed by atoms with Crippen molar-refractivity contribution in [2.75, 3.05) is 25.6 Å². The van der Waals surface area contributed by atoms with Gasteiger partial charge in [-0.25, -0.2) is 17.9 Å². The number of benzene rings is 1. The summed E-state index contributed by atoms with van der Waals surface area (Å²) < 4.78 is 30.8. The zero-order valence-electron chi connectivity index (χ0n) is 11.8. The van der Waals surface area contributed by atoms with E-state index in [2.05, 4.69) is 4.72 Å². The van der Waals surface area contributed by atoms with Crippen LogP contribution in [0.4, 0.5) is 5.69 Å². The molecule has 1 heterocycles. The smallest absolute Gasteiger partial charge is 0.326 e. The van der Waals surface area contributed by atoms with Crippen molar-refractivity contribution in [3.8, 4) is 0 Å². The second-order valence-corrected chi connectivity index (χ2v) is 6.69. The number of nitrogens with zero attached hydrogens (tertiary/aromatic N) is 1. The van der Waals surface area contributed by atoms with Gasteiger partial charge >= 0.3 is 5.97 Å². The van der Waals surface area contributed by atoms with Crippen molar-refractivity contribution in [3.63, 3.8) is 0 Å². The van der Waals surface area contributed by atoms with E-state index in [4.69, 9.17) is 4.74 Å². The van der Waals surface area contributed by atoms with Crippen LogP contribution in [0.3, 0.4) is 0 Å². The lowest BCUT2D eigenvalue weighted by Gasteiger charge is -2.23. The van der Waals surface area contributed by atoms with Crippen LogP contribution in [0.2, 0.25) is 0 Å². The van der Waals surface area contributed by atoms with Gasteiger partial charge in [0.25, 0.3) is 0 Å². The lowest BCUT2D eigenvalue weighted by atomic mass is 10.2. The Morgan fingerprint density at radius 2 is 2.00 bits per heavy atom. The monoisotopic (exact) mass is 314 g/mol. The molecule has 0 aromatic heterocycles. The van der Waals surface area contributed by atoms with Crippen LogP contribution in [0, 0.1) is 0 Å². The highest BCUT2D eigenvalue weighted by Crippen LogP contribution is 2.28. The molecule has 1 aliphatic heterocycles. The first-order valence-corrected chi connectivity index (χ1v) is 7.93. The average molecular weight is 314 g/mol. The molecule has 21 heavy (non-hydrogen) atoms. The van der Waals surface area contributed by atoms with Crippen molar-refractivity contribution in [1.82, 2.24) is 4.72 Å². The fourth-order valence-corrected chi connectivity index (χ4v) is 3.15. The molecule has 1 aromatic carbocycles. The number of aliphatic carboxylic acids is 1. The molecule has 1 aliphatic rings. The molecule has 2 N–H and O–H groups in total. The molecule has 0 saturated carbocycles. The summed E-state index contributed by atoms with van der Waals surface area (Å²) in [7, 11) is -0.601. The molecule has 0 amide bonds. The molecule has 0 spiro atoms. The molecule has 2 unspecified atom stereocenters. The number of carboxylic acids is 1. The Labute approximate surface area is 123 Å². The molecule has 0 aliphatic carbocycles. The van der Waals surface area contributed by atoms with E-state index in [1.165, 1.54) is 19.2 Å². The third-order valence-corrected chi connectivity index (χ3v) is 5.06. The van der Waals surface area contributed by atoms with Gasteiger partial charge in [-0.3, -0.25) is 0 Å². The third kappa shape index (κ3) is 3.17. The number of ether oxygens (including phenoxy) is 1. The number of sulfonamides is 1. The van der Waals surface area contributed by atoms with E-state index >= 15 is 0 Å². The van der Waals surface area contributed by atoms with E-state index in [1.54, 1.807) is 24.1 Å². The number of carboxylic acid groups (broad SMARTS) is 1. The van der Waals surface area contributed by atoms with E-state index in [0.29, 0.717) is 18.7 Å². The normalized spacial score (nSPS) is 22.5. The SMILES string of the molecule is CNS(=O)(=O)c1ccc(N2CC(OC)CC2C(=O)O)cc1. The summed E-state index contributed by atoms with van der Waals surface area (Å²) in [6.07, 6.45) is 0.259. The Balaban J connectivity index is 2.27. The first-order valence-electron chi connectivity index (χ1n) is 6.45. The predicted octanol–water partition coefficient (Wildman–Crippen LogP) is 0.273. The molecule has 1 aromatic rings. The summed E-state index contributed by atoms with van der Waals surface area (Å²) >= 11 is 0. The van der Waals surface area contributed by atoms with Gasteiger partial charge in [-0.2, -0.15) is 0 Å². The molecular weight excluding hydrogens is 296 g/mol. The van der Waals surface area contributed by atoms with Crippen LogP contribution >= 0.6 is 0 Å². The van der Waals surface area contributed by atoms with Crippen LogP contribution in [-0.2, 0) is 19.6 Å². The van der Waals surface area contributed by atoms with Crippen molar-refractivity contribution < 1.29 is 23.1 Å². The highest BCUT2D eigenvalue weighted by atomic mass is 32.2. The molecule has 0 radical (unpaired) electrons. The zero-order chi connectivity index (χ0) is 15.6. The Morgan fingerprint density at radius 1 is 1.38 bits per heavy atom. The molecular formula is C13H18N2O5S. The molecule has 116 valence electrons. The fourth-order valence-electron chi connectivity index (χ4n) is 2.42. The number of carbonyl (C=O) groups is 1. The maximum Gasteiger partial charge on any atom is 0.326 e. The zero-order valence-corrected chi connectivity index (χ0v) is 12.6. The van der Waals surface area contributed by atoms with Crippen molar-refractivity contribution in [1.29, 1.82) is 0 Å². The van der Waals surface area contributed by atoms with E-state index in [0.717, 1.165) is 0 Å². The van der Waals surface area contributed by atoms with Crippen molar-refractivity contribution in [2.24, 2.45) is 0 Å². The molecule has 1 fully saturated rings. The molecule has 2 atom stereocenters. The van der Waals surface area contributed by atoms with Gasteiger partial charge in [-0.15, -0.1) is 0 Å². The molecule has 1 saturated heterocycles. The quantitative estimate of drug-likeness (QED) is 0.810. The van der Waals surface area contributed by atoms with Crippen molar-refractivity contribution in [3.05, 3.63) is 24.3 Å². The second kappa shape index (κ2) is 6.00. The van der Waals surface area contributed by atoms with Gasteiger partial charge in [0, 0.05) is 25.8 Å². The highest BCUT2D eigenvalue weighted by Gasteiger charge is 2.37. The number of nitrogens with one attached hydrogen (secondary N) is 1. The van der Waals surface area contributed by atoms with Crippen LogP contribution in [0.25, 0.3) is 0 Å².